The Morgan fingerprint density at radius 2 is 1.95 bits per heavy atom. The van der Waals surface area contributed by atoms with Crippen LogP contribution in [0, 0.1) is 5.92 Å². The van der Waals surface area contributed by atoms with Crippen molar-refractivity contribution in [3.63, 3.8) is 0 Å². The molecule has 0 aromatic rings. The van der Waals surface area contributed by atoms with Crippen molar-refractivity contribution in [3.8, 4) is 0 Å². The molecular formula is C17H32N2. The van der Waals surface area contributed by atoms with E-state index in [0.29, 0.717) is 5.54 Å². The lowest BCUT2D eigenvalue weighted by Crippen LogP contribution is -2.63. The van der Waals surface area contributed by atoms with E-state index < -0.39 is 0 Å². The molecule has 2 saturated carbocycles. The highest BCUT2D eigenvalue weighted by atomic mass is 15.2. The van der Waals surface area contributed by atoms with Crippen LogP contribution < -0.4 is 5.32 Å². The lowest BCUT2D eigenvalue weighted by molar-refractivity contribution is 0.0440. The van der Waals surface area contributed by atoms with Gasteiger partial charge in [-0.25, -0.2) is 0 Å². The van der Waals surface area contributed by atoms with Gasteiger partial charge in [0.1, 0.15) is 0 Å². The van der Waals surface area contributed by atoms with Crippen molar-refractivity contribution in [2.24, 2.45) is 5.92 Å². The highest BCUT2D eigenvalue weighted by Gasteiger charge is 2.38. The number of hydrogen-bond acceptors (Lipinski definition) is 2. The van der Waals surface area contributed by atoms with Gasteiger partial charge in [-0.2, -0.15) is 0 Å². The maximum atomic E-state index is 3.89. The van der Waals surface area contributed by atoms with E-state index in [4.69, 9.17) is 0 Å². The smallest absolute Gasteiger partial charge is 0.0309 e. The highest BCUT2D eigenvalue weighted by molar-refractivity contribution is 4.98. The van der Waals surface area contributed by atoms with E-state index in [-0.39, 0.29) is 0 Å². The summed E-state index contributed by atoms with van der Waals surface area (Å²) < 4.78 is 0. The Morgan fingerprint density at radius 1 is 1.11 bits per heavy atom. The molecule has 1 saturated heterocycles. The predicted octanol–water partition coefficient (Wildman–Crippen LogP) is 3.56. The topological polar surface area (TPSA) is 15.3 Å². The van der Waals surface area contributed by atoms with Gasteiger partial charge in [0, 0.05) is 31.2 Å². The third-order valence-corrected chi connectivity index (χ3v) is 6.06. The standard InChI is InChI=1S/C17H32N2/c1-2-15-7-6-8-16(13-15)19-12-11-18-17(14-19)9-4-3-5-10-17/h15-16,18H,2-14H2,1H3. The van der Waals surface area contributed by atoms with Gasteiger partial charge in [0.25, 0.3) is 0 Å². The van der Waals surface area contributed by atoms with E-state index in [2.05, 4.69) is 17.1 Å². The summed E-state index contributed by atoms with van der Waals surface area (Å²) in [4.78, 5) is 2.86. The van der Waals surface area contributed by atoms with Gasteiger partial charge in [0.2, 0.25) is 0 Å². The summed E-state index contributed by atoms with van der Waals surface area (Å²) in [5, 5.41) is 3.89. The molecule has 0 aromatic carbocycles. The fourth-order valence-corrected chi connectivity index (χ4v) is 4.83. The normalized spacial score (nSPS) is 36.5. The Balaban J connectivity index is 1.61. The molecule has 0 aromatic heterocycles. The lowest BCUT2D eigenvalue weighted by Gasteiger charge is -2.49. The molecule has 110 valence electrons. The van der Waals surface area contributed by atoms with Crippen molar-refractivity contribution in [3.05, 3.63) is 0 Å². The molecule has 1 heterocycles. The Morgan fingerprint density at radius 3 is 2.74 bits per heavy atom. The van der Waals surface area contributed by atoms with Crippen molar-refractivity contribution in [2.75, 3.05) is 19.6 Å². The van der Waals surface area contributed by atoms with E-state index in [1.807, 2.05) is 0 Å². The van der Waals surface area contributed by atoms with Crippen LogP contribution in [-0.4, -0.2) is 36.1 Å². The molecule has 3 aliphatic rings. The number of rotatable bonds is 2. The molecular weight excluding hydrogens is 232 g/mol. The molecule has 0 amide bonds. The number of hydrogen-bond donors (Lipinski definition) is 1. The SMILES string of the molecule is CCC1CCCC(N2CCNC3(CCCCC3)C2)C1. The summed E-state index contributed by atoms with van der Waals surface area (Å²) in [6.45, 7) is 6.25. The van der Waals surface area contributed by atoms with Crippen molar-refractivity contribution in [1.29, 1.82) is 0 Å². The van der Waals surface area contributed by atoms with Crippen LogP contribution in [0.3, 0.4) is 0 Å². The first kappa shape index (κ1) is 13.9. The van der Waals surface area contributed by atoms with Gasteiger partial charge in [-0.15, -0.1) is 0 Å². The van der Waals surface area contributed by atoms with E-state index in [9.17, 15) is 0 Å². The van der Waals surface area contributed by atoms with Crippen LogP contribution in [0.4, 0.5) is 0 Å². The van der Waals surface area contributed by atoms with E-state index in [1.165, 1.54) is 83.8 Å². The van der Waals surface area contributed by atoms with E-state index in [1.54, 1.807) is 0 Å². The molecule has 2 heteroatoms. The largest absolute Gasteiger partial charge is 0.309 e. The average molecular weight is 264 g/mol. The molecule has 19 heavy (non-hydrogen) atoms. The van der Waals surface area contributed by atoms with Crippen molar-refractivity contribution >= 4 is 0 Å². The first-order valence-electron chi connectivity index (χ1n) is 8.80. The molecule has 2 nitrogen and oxygen atoms in total. The molecule has 1 aliphatic heterocycles. The van der Waals surface area contributed by atoms with Gasteiger partial charge in [-0.1, -0.05) is 45.4 Å². The summed E-state index contributed by atoms with van der Waals surface area (Å²) in [6.07, 6.45) is 14.5. The number of piperazine rings is 1. The fraction of sp³-hybridized carbons (Fsp3) is 1.00. The van der Waals surface area contributed by atoms with Crippen molar-refractivity contribution in [2.45, 2.75) is 82.7 Å². The minimum atomic E-state index is 0.496. The van der Waals surface area contributed by atoms with Gasteiger partial charge in [0.05, 0.1) is 0 Å². The third kappa shape index (κ3) is 3.16. The monoisotopic (exact) mass is 264 g/mol. The lowest BCUT2D eigenvalue weighted by atomic mass is 9.78. The average Bonchev–Trinajstić information content (AvgIpc) is 2.48. The minimum Gasteiger partial charge on any atom is -0.309 e. The summed E-state index contributed by atoms with van der Waals surface area (Å²) in [5.41, 5.74) is 0.496. The quantitative estimate of drug-likeness (QED) is 0.820. The summed E-state index contributed by atoms with van der Waals surface area (Å²) in [5.74, 6) is 1.01. The Labute approximate surface area is 119 Å². The Hall–Kier alpha value is -0.0800. The van der Waals surface area contributed by atoms with Crippen LogP contribution in [0.25, 0.3) is 0 Å². The maximum Gasteiger partial charge on any atom is 0.0309 e. The van der Waals surface area contributed by atoms with Crippen LogP contribution in [0.1, 0.15) is 71.1 Å². The molecule has 1 spiro atoms. The Kier molecular flexibility index (Phi) is 4.48. The third-order valence-electron chi connectivity index (χ3n) is 6.06. The van der Waals surface area contributed by atoms with Crippen LogP contribution in [0.2, 0.25) is 0 Å². The highest BCUT2D eigenvalue weighted by Crippen LogP contribution is 2.35. The zero-order valence-electron chi connectivity index (χ0n) is 12.8. The second kappa shape index (κ2) is 6.13. The number of nitrogens with one attached hydrogen (secondary N) is 1. The zero-order valence-corrected chi connectivity index (χ0v) is 12.8. The van der Waals surface area contributed by atoms with Gasteiger partial charge >= 0.3 is 0 Å². The zero-order chi connectivity index (χ0) is 13.1. The maximum absolute atomic E-state index is 3.89. The molecule has 0 radical (unpaired) electrons. The first-order valence-corrected chi connectivity index (χ1v) is 8.80. The van der Waals surface area contributed by atoms with Gasteiger partial charge in [-0.3, -0.25) is 4.90 Å². The van der Waals surface area contributed by atoms with E-state index >= 15 is 0 Å². The van der Waals surface area contributed by atoms with Crippen LogP contribution in [0.15, 0.2) is 0 Å². The molecule has 1 N–H and O–H groups in total. The summed E-state index contributed by atoms with van der Waals surface area (Å²) in [7, 11) is 0. The second-order valence-corrected chi connectivity index (χ2v) is 7.33. The minimum absolute atomic E-state index is 0.496. The van der Waals surface area contributed by atoms with Gasteiger partial charge in [0.15, 0.2) is 0 Å². The molecule has 3 fully saturated rings. The van der Waals surface area contributed by atoms with Gasteiger partial charge < -0.3 is 5.32 Å². The van der Waals surface area contributed by atoms with Crippen LogP contribution >= 0.6 is 0 Å². The van der Waals surface area contributed by atoms with Crippen LogP contribution in [0.5, 0.6) is 0 Å². The van der Waals surface area contributed by atoms with Gasteiger partial charge in [-0.05, 0) is 31.6 Å². The molecule has 2 unspecified atom stereocenters. The first-order chi connectivity index (χ1) is 9.31. The summed E-state index contributed by atoms with van der Waals surface area (Å²) >= 11 is 0. The second-order valence-electron chi connectivity index (χ2n) is 7.33. The Bertz CT molecular complexity index is 277. The van der Waals surface area contributed by atoms with Crippen molar-refractivity contribution < 1.29 is 0 Å². The summed E-state index contributed by atoms with van der Waals surface area (Å²) in [6, 6.07) is 0.902. The predicted molar refractivity (Wildman–Crippen MR) is 81.4 cm³/mol. The molecule has 2 aliphatic carbocycles. The van der Waals surface area contributed by atoms with E-state index in [0.717, 1.165) is 12.0 Å². The molecule has 2 atom stereocenters. The molecule has 0 bridgehead atoms. The van der Waals surface area contributed by atoms with Crippen LogP contribution in [-0.2, 0) is 0 Å². The fourth-order valence-electron chi connectivity index (χ4n) is 4.83. The van der Waals surface area contributed by atoms with Crippen molar-refractivity contribution in [1.82, 2.24) is 10.2 Å². The molecule has 3 rings (SSSR count). The number of nitrogens with zero attached hydrogens (tertiary/aromatic N) is 1.